The molecule has 1 unspecified atom stereocenters. The molecule has 2 N–H and O–H groups in total. The van der Waals surface area contributed by atoms with E-state index in [2.05, 4.69) is 0 Å². The lowest BCUT2D eigenvalue weighted by Crippen LogP contribution is -2.14. The number of nitrogens with two attached hydrogens (primary N) is 1. The van der Waals surface area contributed by atoms with Crippen LogP contribution in [0.15, 0.2) is 42.5 Å². The third kappa shape index (κ3) is 2.93. The maximum Gasteiger partial charge on any atom is 0.123 e. The van der Waals surface area contributed by atoms with Gasteiger partial charge in [0, 0.05) is 6.04 Å². The second kappa shape index (κ2) is 5.27. The van der Waals surface area contributed by atoms with Crippen LogP contribution in [-0.4, -0.2) is 0 Å². The average molecular weight is 247 g/mol. The molecule has 0 amide bonds. The molecule has 0 bridgehead atoms. The van der Waals surface area contributed by atoms with Gasteiger partial charge in [-0.3, -0.25) is 0 Å². The first-order valence-corrected chi connectivity index (χ1v) is 5.82. The smallest absolute Gasteiger partial charge is 0.123 e. The molecule has 2 aromatic carbocycles. The van der Waals surface area contributed by atoms with Crippen molar-refractivity contribution < 1.29 is 8.78 Å². The van der Waals surface area contributed by atoms with Gasteiger partial charge in [-0.2, -0.15) is 0 Å². The summed E-state index contributed by atoms with van der Waals surface area (Å²) in [6.45, 7) is 1.84. The third-order valence-corrected chi connectivity index (χ3v) is 3.00. The number of aryl methyl sites for hydroxylation is 1. The van der Waals surface area contributed by atoms with E-state index in [-0.39, 0.29) is 17.7 Å². The Hall–Kier alpha value is -1.74. The molecule has 1 nitrogen and oxygen atoms in total. The molecular formula is C15H15F2N. The molecular weight excluding hydrogens is 232 g/mol. The van der Waals surface area contributed by atoms with E-state index in [1.807, 2.05) is 6.92 Å². The molecule has 0 radical (unpaired) electrons. The summed E-state index contributed by atoms with van der Waals surface area (Å²) in [5.74, 6) is -0.518. The Labute approximate surface area is 105 Å². The summed E-state index contributed by atoms with van der Waals surface area (Å²) in [6.07, 6.45) is 0.604. The minimum Gasteiger partial charge on any atom is -0.324 e. The maximum absolute atomic E-state index is 13.0. The molecule has 0 aliphatic rings. The quantitative estimate of drug-likeness (QED) is 0.882. The van der Waals surface area contributed by atoms with E-state index in [0.29, 0.717) is 6.42 Å². The number of hydrogen-bond donors (Lipinski definition) is 1. The van der Waals surface area contributed by atoms with Crippen LogP contribution in [0.3, 0.4) is 0 Å². The predicted octanol–water partition coefficient (Wildman–Crippen LogP) is 3.52. The fourth-order valence-corrected chi connectivity index (χ4v) is 2.04. The van der Waals surface area contributed by atoms with Crippen molar-refractivity contribution in [3.63, 3.8) is 0 Å². The summed E-state index contributed by atoms with van der Waals surface area (Å²) in [5, 5.41) is 0. The van der Waals surface area contributed by atoms with Gasteiger partial charge < -0.3 is 5.73 Å². The van der Waals surface area contributed by atoms with E-state index in [4.69, 9.17) is 5.73 Å². The molecule has 0 aromatic heterocycles. The first-order chi connectivity index (χ1) is 8.56. The zero-order valence-electron chi connectivity index (χ0n) is 10.2. The van der Waals surface area contributed by atoms with Crippen LogP contribution in [0.4, 0.5) is 8.78 Å². The van der Waals surface area contributed by atoms with Gasteiger partial charge in [0.25, 0.3) is 0 Å². The molecule has 1 atom stereocenters. The minimum absolute atomic E-state index is 0.212. The topological polar surface area (TPSA) is 26.0 Å². The molecule has 0 heterocycles. The molecule has 94 valence electrons. The van der Waals surface area contributed by atoms with Gasteiger partial charge in [0.15, 0.2) is 0 Å². The molecule has 0 spiro atoms. The van der Waals surface area contributed by atoms with E-state index in [1.54, 1.807) is 18.2 Å². The van der Waals surface area contributed by atoms with Crippen molar-refractivity contribution in [2.24, 2.45) is 5.73 Å². The summed E-state index contributed by atoms with van der Waals surface area (Å²) >= 11 is 0. The number of halogens is 2. The van der Waals surface area contributed by atoms with Crippen LogP contribution >= 0.6 is 0 Å². The third-order valence-electron chi connectivity index (χ3n) is 3.00. The molecule has 0 aliphatic carbocycles. The summed E-state index contributed by atoms with van der Waals surface area (Å²) in [7, 11) is 0. The summed E-state index contributed by atoms with van der Waals surface area (Å²) in [4.78, 5) is 0. The second-order valence-corrected chi connectivity index (χ2v) is 4.44. The zero-order chi connectivity index (χ0) is 13.1. The predicted molar refractivity (Wildman–Crippen MR) is 68.2 cm³/mol. The minimum atomic E-state index is -0.259. The van der Waals surface area contributed by atoms with Crippen molar-refractivity contribution in [3.8, 4) is 0 Å². The van der Waals surface area contributed by atoms with Crippen LogP contribution in [0, 0.1) is 18.6 Å². The molecule has 0 fully saturated rings. The van der Waals surface area contributed by atoms with Crippen molar-refractivity contribution in [1.82, 2.24) is 0 Å². The molecule has 0 aliphatic heterocycles. The normalized spacial score (nSPS) is 12.4. The van der Waals surface area contributed by atoms with Crippen molar-refractivity contribution in [1.29, 1.82) is 0 Å². The molecule has 0 saturated heterocycles. The van der Waals surface area contributed by atoms with Crippen LogP contribution in [0.1, 0.15) is 22.7 Å². The van der Waals surface area contributed by atoms with Crippen LogP contribution in [-0.2, 0) is 6.42 Å². The van der Waals surface area contributed by atoms with Crippen LogP contribution < -0.4 is 5.73 Å². The summed E-state index contributed by atoms with van der Waals surface area (Å²) in [5.41, 5.74) is 8.82. The first-order valence-electron chi connectivity index (χ1n) is 5.82. The van der Waals surface area contributed by atoms with E-state index in [0.717, 1.165) is 16.7 Å². The van der Waals surface area contributed by atoms with Gasteiger partial charge in [0.05, 0.1) is 0 Å². The van der Waals surface area contributed by atoms with Gasteiger partial charge >= 0.3 is 0 Å². The SMILES string of the molecule is Cc1cc(F)ccc1C(N)Cc1ccc(F)cc1. The zero-order valence-corrected chi connectivity index (χ0v) is 10.2. The Bertz CT molecular complexity index is 535. The standard InChI is InChI=1S/C15H15F2N/c1-10-8-13(17)6-7-14(10)15(18)9-11-2-4-12(16)5-3-11/h2-8,15H,9,18H2,1H3. The number of hydrogen-bond acceptors (Lipinski definition) is 1. The highest BCUT2D eigenvalue weighted by atomic mass is 19.1. The highest BCUT2D eigenvalue weighted by molar-refractivity contribution is 5.31. The lowest BCUT2D eigenvalue weighted by Gasteiger charge is -2.15. The Balaban J connectivity index is 2.16. The van der Waals surface area contributed by atoms with Gasteiger partial charge in [0.1, 0.15) is 11.6 Å². The van der Waals surface area contributed by atoms with Gasteiger partial charge in [-0.25, -0.2) is 8.78 Å². The molecule has 18 heavy (non-hydrogen) atoms. The Kier molecular flexibility index (Phi) is 3.72. The Morgan fingerprint density at radius 1 is 1.00 bits per heavy atom. The molecule has 0 saturated carbocycles. The fraction of sp³-hybridized carbons (Fsp3) is 0.200. The van der Waals surface area contributed by atoms with Gasteiger partial charge in [-0.15, -0.1) is 0 Å². The summed E-state index contributed by atoms with van der Waals surface area (Å²) < 4.78 is 25.8. The monoisotopic (exact) mass is 247 g/mol. The average Bonchev–Trinajstić information content (AvgIpc) is 2.32. The van der Waals surface area contributed by atoms with Crippen molar-refractivity contribution in [2.45, 2.75) is 19.4 Å². The van der Waals surface area contributed by atoms with Gasteiger partial charge in [-0.1, -0.05) is 18.2 Å². The maximum atomic E-state index is 13.0. The van der Waals surface area contributed by atoms with E-state index in [1.165, 1.54) is 24.3 Å². The summed E-state index contributed by atoms with van der Waals surface area (Å²) in [6, 6.07) is 10.6. The number of benzene rings is 2. The van der Waals surface area contributed by atoms with Gasteiger partial charge in [-0.05, 0) is 54.3 Å². The molecule has 2 rings (SSSR count). The lowest BCUT2D eigenvalue weighted by molar-refractivity contribution is 0.620. The van der Waals surface area contributed by atoms with Crippen LogP contribution in [0.2, 0.25) is 0 Å². The van der Waals surface area contributed by atoms with Crippen molar-refractivity contribution >= 4 is 0 Å². The van der Waals surface area contributed by atoms with Crippen LogP contribution in [0.25, 0.3) is 0 Å². The number of rotatable bonds is 3. The molecule has 2 aromatic rings. The van der Waals surface area contributed by atoms with Crippen LogP contribution in [0.5, 0.6) is 0 Å². The highest BCUT2D eigenvalue weighted by Gasteiger charge is 2.10. The fourth-order valence-electron chi connectivity index (χ4n) is 2.04. The van der Waals surface area contributed by atoms with E-state index < -0.39 is 0 Å². The first kappa shape index (κ1) is 12.7. The largest absolute Gasteiger partial charge is 0.324 e. The Morgan fingerprint density at radius 3 is 2.22 bits per heavy atom. The molecule has 3 heteroatoms. The Morgan fingerprint density at radius 2 is 1.61 bits per heavy atom. The second-order valence-electron chi connectivity index (χ2n) is 4.44. The lowest BCUT2D eigenvalue weighted by atomic mass is 9.96. The van der Waals surface area contributed by atoms with E-state index in [9.17, 15) is 8.78 Å². The van der Waals surface area contributed by atoms with Crippen molar-refractivity contribution in [3.05, 3.63) is 70.8 Å². The highest BCUT2D eigenvalue weighted by Crippen LogP contribution is 2.20. The van der Waals surface area contributed by atoms with E-state index >= 15 is 0 Å². The van der Waals surface area contributed by atoms with Gasteiger partial charge in [0.2, 0.25) is 0 Å². The van der Waals surface area contributed by atoms with Crippen molar-refractivity contribution in [2.75, 3.05) is 0 Å².